The van der Waals surface area contributed by atoms with Crippen LogP contribution in [0.3, 0.4) is 0 Å². The topological polar surface area (TPSA) is 162 Å². The number of nitrogens with one attached hydrogen (secondary N) is 2. The predicted molar refractivity (Wildman–Crippen MR) is 150 cm³/mol. The lowest BCUT2D eigenvalue weighted by molar-refractivity contribution is -0.384. The highest BCUT2D eigenvalue weighted by molar-refractivity contribution is 6.10. The van der Waals surface area contributed by atoms with Crippen LogP contribution in [0.1, 0.15) is 36.0 Å². The Kier molecular flexibility index (Phi) is 10.4. The minimum atomic E-state index is -0.505. The molecule has 0 heterocycles. The van der Waals surface area contributed by atoms with Gasteiger partial charge < -0.3 is 24.6 Å². The third kappa shape index (κ3) is 8.18. The van der Waals surface area contributed by atoms with Crippen LogP contribution in [0, 0.1) is 10.1 Å². The van der Waals surface area contributed by atoms with Crippen molar-refractivity contribution in [1.29, 1.82) is 0 Å². The third-order valence-corrected chi connectivity index (χ3v) is 5.84. The molecule has 0 saturated heterocycles. The molecule has 12 heteroatoms. The van der Waals surface area contributed by atoms with Crippen molar-refractivity contribution in [2.45, 2.75) is 25.7 Å². The fourth-order valence-corrected chi connectivity index (χ4v) is 3.70. The van der Waals surface area contributed by atoms with E-state index in [0.717, 1.165) is 0 Å². The van der Waals surface area contributed by atoms with E-state index in [4.69, 9.17) is 14.2 Å². The van der Waals surface area contributed by atoms with Gasteiger partial charge in [-0.25, -0.2) is 0 Å². The van der Waals surface area contributed by atoms with Gasteiger partial charge in [0, 0.05) is 35.9 Å². The maximum Gasteiger partial charge on any atom is 0.269 e. The standard InChI is InChI=1S/C28H30N4O8/c1-38-22-12-14-26(39-2)23(17-22)29-28(35)6-4-5-20(31-30-19-8-10-21(11-9-19)32(36)37)16-25(34)18-7-13-24(33)27(15-18)40-3/h7-15,17,30,33H,4-6,16H2,1-3H3,(H,29,35)/b31-20-. The highest BCUT2D eigenvalue weighted by Gasteiger charge is 2.15. The zero-order valence-corrected chi connectivity index (χ0v) is 22.3. The van der Waals surface area contributed by atoms with Crippen molar-refractivity contribution in [3.05, 3.63) is 76.3 Å². The van der Waals surface area contributed by atoms with Gasteiger partial charge in [-0.3, -0.25) is 25.1 Å². The van der Waals surface area contributed by atoms with E-state index in [1.165, 1.54) is 63.8 Å². The van der Waals surface area contributed by atoms with Gasteiger partial charge in [-0.2, -0.15) is 5.10 Å². The van der Waals surface area contributed by atoms with Crippen molar-refractivity contribution in [3.63, 3.8) is 0 Å². The van der Waals surface area contributed by atoms with Gasteiger partial charge in [0.1, 0.15) is 11.5 Å². The minimum absolute atomic E-state index is 0.0649. The Morgan fingerprint density at radius 1 is 0.925 bits per heavy atom. The quantitative estimate of drug-likeness (QED) is 0.106. The largest absolute Gasteiger partial charge is 0.504 e. The van der Waals surface area contributed by atoms with Gasteiger partial charge in [0.25, 0.3) is 5.69 Å². The first-order chi connectivity index (χ1) is 19.2. The highest BCUT2D eigenvalue weighted by Crippen LogP contribution is 2.29. The molecule has 210 valence electrons. The number of amides is 1. The summed E-state index contributed by atoms with van der Waals surface area (Å²) in [6.45, 7) is 0. The number of nitrogens with zero attached hydrogens (tertiary/aromatic N) is 2. The molecule has 1 amide bonds. The smallest absolute Gasteiger partial charge is 0.269 e. The van der Waals surface area contributed by atoms with Crippen LogP contribution in [-0.4, -0.2) is 48.8 Å². The molecule has 0 aliphatic carbocycles. The second kappa shape index (κ2) is 14.1. The van der Waals surface area contributed by atoms with Crippen molar-refractivity contribution >= 4 is 34.5 Å². The normalized spacial score (nSPS) is 10.9. The fraction of sp³-hybridized carbons (Fsp3) is 0.250. The maximum atomic E-state index is 13.0. The molecule has 0 atom stereocenters. The number of Topliss-reactive ketones (excluding diaryl/α,β-unsaturated/α-hetero) is 1. The number of nitro groups is 1. The van der Waals surface area contributed by atoms with E-state index in [9.17, 15) is 24.8 Å². The number of methoxy groups -OCH3 is 3. The number of aromatic hydroxyl groups is 1. The van der Waals surface area contributed by atoms with Crippen molar-refractivity contribution in [2.24, 2.45) is 5.10 Å². The number of hydrazone groups is 1. The first kappa shape index (κ1) is 29.4. The molecule has 0 saturated carbocycles. The molecule has 0 unspecified atom stereocenters. The summed E-state index contributed by atoms with van der Waals surface area (Å²) in [5.41, 5.74) is 4.50. The van der Waals surface area contributed by atoms with Crippen molar-refractivity contribution in [2.75, 3.05) is 32.1 Å². The Bertz CT molecular complexity index is 1390. The Hall–Kier alpha value is -5.13. The number of phenols is 1. The first-order valence-corrected chi connectivity index (χ1v) is 12.2. The van der Waals surface area contributed by atoms with Crippen LogP contribution in [0.2, 0.25) is 0 Å². The second-order valence-electron chi connectivity index (χ2n) is 8.55. The lowest BCUT2D eigenvalue weighted by Gasteiger charge is -2.12. The van der Waals surface area contributed by atoms with Crippen LogP contribution in [-0.2, 0) is 4.79 Å². The number of nitro benzene ring substituents is 1. The average molecular weight is 551 g/mol. The number of non-ortho nitro benzene ring substituents is 1. The van der Waals surface area contributed by atoms with E-state index < -0.39 is 4.92 Å². The van der Waals surface area contributed by atoms with Gasteiger partial charge >= 0.3 is 0 Å². The number of carbonyl (C=O) groups excluding carboxylic acids is 2. The second-order valence-corrected chi connectivity index (χ2v) is 8.55. The van der Waals surface area contributed by atoms with E-state index in [-0.39, 0.29) is 41.7 Å². The molecule has 3 rings (SSSR count). The molecule has 0 spiro atoms. The van der Waals surface area contributed by atoms with E-state index in [0.29, 0.717) is 47.0 Å². The summed E-state index contributed by atoms with van der Waals surface area (Å²) in [6.07, 6.45) is 0.756. The van der Waals surface area contributed by atoms with Gasteiger partial charge in [-0.1, -0.05) is 0 Å². The number of carbonyl (C=O) groups is 2. The monoisotopic (exact) mass is 550 g/mol. The Balaban J connectivity index is 1.70. The van der Waals surface area contributed by atoms with E-state index >= 15 is 0 Å². The summed E-state index contributed by atoms with van der Waals surface area (Å²) in [7, 11) is 4.41. The summed E-state index contributed by atoms with van der Waals surface area (Å²) in [5.74, 6) is 0.590. The van der Waals surface area contributed by atoms with Crippen LogP contribution in [0.4, 0.5) is 17.1 Å². The zero-order chi connectivity index (χ0) is 29.1. The van der Waals surface area contributed by atoms with Gasteiger partial charge in [-0.15, -0.1) is 0 Å². The van der Waals surface area contributed by atoms with Crippen LogP contribution in [0.5, 0.6) is 23.0 Å². The van der Waals surface area contributed by atoms with Crippen molar-refractivity contribution in [3.8, 4) is 23.0 Å². The van der Waals surface area contributed by atoms with Crippen molar-refractivity contribution in [1.82, 2.24) is 0 Å². The molecule has 0 aromatic heterocycles. The summed E-state index contributed by atoms with van der Waals surface area (Å²) in [5, 5.41) is 27.9. The third-order valence-electron chi connectivity index (χ3n) is 5.84. The molecule has 0 aliphatic rings. The lowest BCUT2D eigenvalue weighted by Crippen LogP contribution is -2.14. The Morgan fingerprint density at radius 3 is 2.30 bits per heavy atom. The molecular formula is C28H30N4O8. The molecule has 40 heavy (non-hydrogen) atoms. The van der Waals surface area contributed by atoms with Gasteiger partial charge in [0.15, 0.2) is 17.3 Å². The van der Waals surface area contributed by atoms with Crippen LogP contribution >= 0.6 is 0 Å². The SMILES string of the molecule is COc1ccc(OC)c(NC(=O)CCC/C(CC(=O)c2ccc(O)c(OC)c2)=N/Nc2ccc([N+](=O)[O-])cc2)c1. The number of ether oxygens (including phenoxy) is 3. The number of hydrogen-bond acceptors (Lipinski definition) is 10. The molecule has 0 bridgehead atoms. The number of phenolic OH excluding ortho intramolecular Hbond substituents is 1. The molecule has 12 nitrogen and oxygen atoms in total. The molecule has 3 aromatic carbocycles. The summed E-state index contributed by atoms with van der Waals surface area (Å²) >= 11 is 0. The average Bonchev–Trinajstić information content (AvgIpc) is 2.96. The van der Waals surface area contributed by atoms with E-state index in [1.54, 1.807) is 18.2 Å². The molecule has 3 N–H and O–H groups in total. The molecular weight excluding hydrogens is 520 g/mol. The number of benzene rings is 3. The van der Waals surface area contributed by atoms with Crippen LogP contribution < -0.4 is 25.0 Å². The van der Waals surface area contributed by atoms with Gasteiger partial charge in [0.05, 0.1) is 44.0 Å². The maximum absolute atomic E-state index is 13.0. The number of anilines is 2. The van der Waals surface area contributed by atoms with Gasteiger partial charge in [-0.05, 0) is 55.3 Å². The molecule has 3 aromatic rings. The number of ketones is 1. The van der Waals surface area contributed by atoms with Gasteiger partial charge in [0.2, 0.25) is 5.91 Å². The van der Waals surface area contributed by atoms with Crippen LogP contribution in [0.15, 0.2) is 65.8 Å². The molecule has 0 aliphatic heterocycles. The van der Waals surface area contributed by atoms with Crippen molar-refractivity contribution < 1.29 is 33.8 Å². The van der Waals surface area contributed by atoms with E-state index in [1.807, 2.05) is 0 Å². The van der Waals surface area contributed by atoms with E-state index in [2.05, 4.69) is 15.8 Å². The highest BCUT2D eigenvalue weighted by atomic mass is 16.6. The summed E-state index contributed by atoms with van der Waals surface area (Å²) < 4.78 is 15.6. The first-order valence-electron chi connectivity index (χ1n) is 12.2. The zero-order valence-electron chi connectivity index (χ0n) is 22.3. The lowest BCUT2D eigenvalue weighted by atomic mass is 10.0. The Labute approximate surface area is 230 Å². The summed E-state index contributed by atoms with van der Waals surface area (Å²) in [4.78, 5) is 36.1. The molecule has 0 radical (unpaired) electrons. The Morgan fingerprint density at radius 2 is 1.65 bits per heavy atom. The fourth-order valence-electron chi connectivity index (χ4n) is 3.70. The predicted octanol–water partition coefficient (Wildman–Crippen LogP) is 5.18. The molecule has 0 fully saturated rings. The van der Waals surface area contributed by atoms with Crippen LogP contribution in [0.25, 0.3) is 0 Å². The summed E-state index contributed by atoms with van der Waals surface area (Å²) in [6, 6.07) is 15.0. The number of hydrogen-bond donors (Lipinski definition) is 3. The minimum Gasteiger partial charge on any atom is -0.504 e. The number of rotatable bonds is 14.